The number of carbonyl (C=O) groups excluding carboxylic acids is 2. The van der Waals surface area contributed by atoms with Crippen LogP contribution in [-0.2, 0) is 4.79 Å². The number of hydrogen-bond acceptors (Lipinski definition) is 3. The molecule has 92 valence electrons. The molecule has 2 N–H and O–H groups in total. The van der Waals surface area contributed by atoms with E-state index >= 15 is 0 Å². The fourth-order valence-corrected chi connectivity index (χ4v) is 1.38. The van der Waals surface area contributed by atoms with Gasteiger partial charge in [-0.15, -0.1) is 0 Å². The van der Waals surface area contributed by atoms with Crippen LogP contribution in [0.5, 0.6) is 0 Å². The molecule has 1 atom stereocenters. The van der Waals surface area contributed by atoms with Crippen LogP contribution in [0.1, 0.15) is 24.2 Å². The number of benzene rings is 1. The summed E-state index contributed by atoms with van der Waals surface area (Å²) >= 11 is 0. The highest BCUT2D eigenvalue weighted by atomic mass is 19.1. The van der Waals surface area contributed by atoms with E-state index in [2.05, 4.69) is 10.6 Å². The molecular formula is C12H15FN2O2. The molecule has 0 fully saturated rings. The Labute approximate surface area is 99.2 Å². The lowest BCUT2D eigenvalue weighted by Gasteiger charge is -2.13. The van der Waals surface area contributed by atoms with E-state index in [0.717, 1.165) is 6.07 Å². The van der Waals surface area contributed by atoms with Gasteiger partial charge in [0.15, 0.2) is 5.78 Å². The number of carbonyl (C=O) groups is 2. The zero-order valence-electron chi connectivity index (χ0n) is 10.0. The van der Waals surface area contributed by atoms with Gasteiger partial charge in [0.25, 0.3) is 0 Å². The van der Waals surface area contributed by atoms with Crippen LogP contribution in [0.2, 0.25) is 0 Å². The molecule has 17 heavy (non-hydrogen) atoms. The van der Waals surface area contributed by atoms with Crippen molar-refractivity contribution < 1.29 is 14.0 Å². The molecule has 1 unspecified atom stereocenters. The fourth-order valence-electron chi connectivity index (χ4n) is 1.38. The van der Waals surface area contributed by atoms with E-state index in [1.807, 2.05) is 0 Å². The zero-order chi connectivity index (χ0) is 13.0. The number of Topliss-reactive ketones (excluding diaryl/α,β-unsaturated/α-hetero) is 1. The van der Waals surface area contributed by atoms with Crippen molar-refractivity contribution in [1.29, 1.82) is 0 Å². The summed E-state index contributed by atoms with van der Waals surface area (Å²) in [5.74, 6) is -1.08. The van der Waals surface area contributed by atoms with Crippen LogP contribution in [0.4, 0.5) is 10.1 Å². The molecule has 1 aromatic rings. The lowest BCUT2D eigenvalue weighted by atomic mass is 10.0. The molecule has 1 aromatic carbocycles. The number of nitrogens with one attached hydrogen (secondary N) is 2. The van der Waals surface area contributed by atoms with Crippen LogP contribution in [0.3, 0.4) is 0 Å². The van der Waals surface area contributed by atoms with Gasteiger partial charge < -0.3 is 10.6 Å². The third-order valence-corrected chi connectivity index (χ3v) is 2.38. The topological polar surface area (TPSA) is 58.2 Å². The van der Waals surface area contributed by atoms with Gasteiger partial charge in [0.05, 0.1) is 11.7 Å². The second-order valence-electron chi connectivity index (χ2n) is 3.75. The van der Waals surface area contributed by atoms with Gasteiger partial charge in [0, 0.05) is 12.5 Å². The number of anilines is 1. The normalized spacial score (nSPS) is 12.0. The Morgan fingerprint density at radius 1 is 1.35 bits per heavy atom. The van der Waals surface area contributed by atoms with Crippen LogP contribution in [-0.4, -0.2) is 24.8 Å². The number of likely N-dealkylation sites (N-methyl/N-ethyl adjacent to an activating group) is 1. The monoisotopic (exact) mass is 238 g/mol. The van der Waals surface area contributed by atoms with Gasteiger partial charge in [-0.05, 0) is 32.2 Å². The van der Waals surface area contributed by atoms with E-state index in [-0.39, 0.29) is 17.3 Å². The maximum Gasteiger partial charge on any atom is 0.221 e. The Morgan fingerprint density at radius 3 is 2.53 bits per heavy atom. The van der Waals surface area contributed by atoms with E-state index < -0.39 is 11.9 Å². The molecule has 0 heterocycles. The smallest absolute Gasteiger partial charge is 0.221 e. The van der Waals surface area contributed by atoms with Crippen molar-refractivity contribution in [3.63, 3.8) is 0 Å². The summed E-state index contributed by atoms with van der Waals surface area (Å²) in [5, 5.41) is 5.28. The molecule has 1 amide bonds. The second-order valence-corrected chi connectivity index (χ2v) is 3.75. The minimum atomic E-state index is -0.509. The van der Waals surface area contributed by atoms with E-state index in [1.54, 1.807) is 14.0 Å². The van der Waals surface area contributed by atoms with Crippen LogP contribution < -0.4 is 10.6 Å². The van der Waals surface area contributed by atoms with Gasteiger partial charge in [0.1, 0.15) is 5.82 Å². The molecule has 0 aliphatic heterocycles. The largest absolute Gasteiger partial charge is 0.326 e. The number of hydrogen-bond donors (Lipinski definition) is 2. The number of halogens is 1. The zero-order valence-corrected chi connectivity index (χ0v) is 10.0. The Balaban J connectivity index is 3.14. The summed E-state index contributed by atoms with van der Waals surface area (Å²) < 4.78 is 13.1. The molecule has 0 aromatic heterocycles. The van der Waals surface area contributed by atoms with Crippen molar-refractivity contribution in [2.75, 3.05) is 12.4 Å². The molecule has 0 saturated heterocycles. The Morgan fingerprint density at radius 2 is 2.00 bits per heavy atom. The van der Waals surface area contributed by atoms with Crippen molar-refractivity contribution in [1.82, 2.24) is 5.32 Å². The number of ketones is 1. The minimum Gasteiger partial charge on any atom is -0.326 e. The summed E-state index contributed by atoms with van der Waals surface area (Å²) in [6, 6.07) is 3.27. The van der Waals surface area contributed by atoms with Gasteiger partial charge in [-0.3, -0.25) is 9.59 Å². The first kappa shape index (κ1) is 13.3. The molecule has 4 nitrogen and oxygen atoms in total. The quantitative estimate of drug-likeness (QED) is 0.783. The maximum atomic E-state index is 13.1. The lowest BCUT2D eigenvalue weighted by molar-refractivity contribution is -0.114. The Kier molecular flexibility index (Phi) is 4.34. The molecule has 0 spiro atoms. The second kappa shape index (κ2) is 5.54. The highest BCUT2D eigenvalue weighted by Crippen LogP contribution is 2.19. The lowest BCUT2D eigenvalue weighted by Crippen LogP contribution is -2.31. The molecule has 1 rings (SSSR count). The molecule has 0 radical (unpaired) electrons. The van der Waals surface area contributed by atoms with E-state index in [4.69, 9.17) is 0 Å². The third kappa shape index (κ3) is 3.35. The Hall–Kier alpha value is -1.75. The van der Waals surface area contributed by atoms with Gasteiger partial charge in [-0.25, -0.2) is 4.39 Å². The predicted molar refractivity (Wildman–Crippen MR) is 63.6 cm³/mol. The van der Waals surface area contributed by atoms with Crippen molar-refractivity contribution in [2.45, 2.75) is 19.9 Å². The molecule has 0 bridgehead atoms. The van der Waals surface area contributed by atoms with Crippen LogP contribution >= 0.6 is 0 Å². The van der Waals surface area contributed by atoms with Gasteiger partial charge in [0.2, 0.25) is 5.91 Å². The van der Waals surface area contributed by atoms with E-state index in [0.29, 0.717) is 5.69 Å². The Bertz CT molecular complexity index is 446. The highest BCUT2D eigenvalue weighted by molar-refractivity contribution is 6.06. The van der Waals surface area contributed by atoms with Crippen molar-refractivity contribution in [3.05, 3.63) is 29.6 Å². The van der Waals surface area contributed by atoms with Gasteiger partial charge >= 0.3 is 0 Å². The summed E-state index contributed by atoms with van der Waals surface area (Å²) in [6.07, 6.45) is 0. The standard InChI is InChI=1S/C12H15FN2O2/c1-7(14-3)12(17)10-6-9(13)4-5-11(10)15-8(2)16/h4-7,14H,1-3H3,(H,15,16). The summed E-state index contributed by atoms with van der Waals surface area (Å²) in [5.41, 5.74) is 0.494. The fraction of sp³-hybridized carbons (Fsp3) is 0.333. The summed E-state index contributed by atoms with van der Waals surface area (Å²) in [7, 11) is 1.64. The van der Waals surface area contributed by atoms with Crippen LogP contribution in [0, 0.1) is 5.82 Å². The molecule has 5 heteroatoms. The minimum absolute atomic E-state index is 0.169. The average Bonchev–Trinajstić information content (AvgIpc) is 2.29. The molecule has 0 aliphatic carbocycles. The highest BCUT2D eigenvalue weighted by Gasteiger charge is 2.18. The molecular weight excluding hydrogens is 223 g/mol. The van der Waals surface area contributed by atoms with E-state index in [1.165, 1.54) is 19.1 Å². The summed E-state index contributed by atoms with van der Waals surface area (Å²) in [6.45, 7) is 3.00. The van der Waals surface area contributed by atoms with Gasteiger partial charge in [-0.2, -0.15) is 0 Å². The first-order valence-electron chi connectivity index (χ1n) is 5.24. The predicted octanol–water partition coefficient (Wildman–Crippen LogP) is 1.57. The summed E-state index contributed by atoms with van der Waals surface area (Å²) in [4.78, 5) is 22.9. The van der Waals surface area contributed by atoms with Gasteiger partial charge in [-0.1, -0.05) is 0 Å². The number of amides is 1. The number of rotatable bonds is 4. The SMILES string of the molecule is CNC(C)C(=O)c1cc(F)ccc1NC(C)=O. The van der Waals surface area contributed by atoms with Crippen molar-refractivity contribution >= 4 is 17.4 Å². The average molecular weight is 238 g/mol. The van der Waals surface area contributed by atoms with Crippen molar-refractivity contribution in [3.8, 4) is 0 Å². The van der Waals surface area contributed by atoms with Crippen molar-refractivity contribution in [2.24, 2.45) is 0 Å². The molecule has 0 aliphatic rings. The van der Waals surface area contributed by atoms with E-state index in [9.17, 15) is 14.0 Å². The first-order valence-corrected chi connectivity index (χ1v) is 5.24. The third-order valence-electron chi connectivity index (χ3n) is 2.38. The maximum absolute atomic E-state index is 13.1. The van der Waals surface area contributed by atoms with Crippen LogP contribution in [0.25, 0.3) is 0 Å². The molecule has 0 saturated carbocycles. The first-order chi connectivity index (χ1) is 7.95. The van der Waals surface area contributed by atoms with Crippen LogP contribution in [0.15, 0.2) is 18.2 Å².